The molecule has 2 heteroatoms. The second kappa shape index (κ2) is 4.69. The zero-order valence-corrected chi connectivity index (χ0v) is 10.5. The Balaban J connectivity index is 1.78. The summed E-state index contributed by atoms with van der Waals surface area (Å²) in [6.07, 6.45) is 5.23. The molecule has 0 saturated carbocycles. The van der Waals surface area contributed by atoms with Gasteiger partial charge in [-0.2, -0.15) is 0 Å². The van der Waals surface area contributed by atoms with Crippen LogP contribution in [-0.4, -0.2) is 20.2 Å². The minimum absolute atomic E-state index is 0.879. The van der Waals surface area contributed by atoms with Crippen molar-refractivity contribution >= 4 is 0 Å². The van der Waals surface area contributed by atoms with Gasteiger partial charge in [-0.05, 0) is 73.9 Å². The van der Waals surface area contributed by atoms with Crippen molar-refractivity contribution in [3.8, 4) is 5.75 Å². The molecule has 1 heterocycles. The summed E-state index contributed by atoms with van der Waals surface area (Å²) < 4.78 is 5.33. The van der Waals surface area contributed by atoms with Gasteiger partial charge in [-0.3, -0.25) is 0 Å². The predicted octanol–water partition coefficient (Wildman–Crippen LogP) is 2.41. The minimum atomic E-state index is 0.879. The molecule has 1 aliphatic heterocycles. The Morgan fingerprint density at radius 3 is 2.88 bits per heavy atom. The third kappa shape index (κ3) is 2.19. The van der Waals surface area contributed by atoms with Crippen LogP contribution in [0.3, 0.4) is 0 Å². The summed E-state index contributed by atoms with van der Waals surface area (Å²) in [5.74, 6) is 2.79. The van der Waals surface area contributed by atoms with E-state index in [2.05, 4.69) is 23.5 Å². The summed E-state index contributed by atoms with van der Waals surface area (Å²) in [6, 6.07) is 6.58. The van der Waals surface area contributed by atoms with Crippen LogP contribution in [-0.2, 0) is 12.8 Å². The van der Waals surface area contributed by atoms with E-state index in [1.807, 2.05) is 0 Å². The molecule has 17 heavy (non-hydrogen) atoms. The second-order valence-corrected chi connectivity index (χ2v) is 5.39. The summed E-state index contributed by atoms with van der Waals surface area (Å²) in [5.41, 5.74) is 3.06. The van der Waals surface area contributed by atoms with E-state index >= 15 is 0 Å². The average Bonchev–Trinajstić information content (AvgIpc) is 2.91. The summed E-state index contributed by atoms with van der Waals surface area (Å²) in [4.78, 5) is 0. The highest BCUT2D eigenvalue weighted by Crippen LogP contribution is 2.34. The molecule has 1 aliphatic carbocycles. The Morgan fingerprint density at radius 2 is 2.12 bits per heavy atom. The molecule has 0 bridgehead atoms. The lowest BCUT2D eigenvalue weighted by atomic mass is 9.76. The quantitative estimate of drug-likeness (QED) is 0.844. The van der Waals surface area contributed by atoms with Crippen LogP contribution in [0.2, 0.25) is 0 Å². The van der Waals surface area contributed by atoms with Gasteiger partial charge in [0.25, 0.3) is 0 Å². The third-order valence-corrected chi connectivity index (χ3v) is 4.45. The van der Waals surface area contributed by atoms with Crippen LogP contribution >= 0.6 is 0 Å². The van der Waals surface area contributed by atoms with E-state index in [4.69, 9.17) is 4.74 Å². The van der Waals surface area contributed by atoms with E-state index in [1.54, 1.807) is 7.11 Å². The van der Waals surface area contributed by atoms with Crippen molar-refractivity contribution in [1.82, 2.24) is 5.32 Å². The fourth-order valence-electron chi connectivity index (χ4n) is 3.37. The molecule has 3 rings (SSSR count). The molecule has 1 N–H and O–H groups in total. The van der Waals surface area contributed by atoms with Gasteiger partial charge in [0.05, 0.1) is 7.11 Å². The van der Waals surface area contributed by atoms with E-state index < -0.39 is 0 Å². The molecule has 2 nitrogen and oxygen atoms in total. The molecule has 1 aromatic carbocycles. The number of nitrogens with one attached hydrogen (secondary N) is 1. The molecule has 0 amide bonds. The topological polar surface area (TPSA) is 21.3 Å². The zero-order valence-electron chi connectivity index (χ0n) is 10.5. The number of rotatable bonds is 2. The van der Waals surface area contributed by atoms with Gasteiger partial charge in [-0.25, -0.2) is 0 Å². The first-order chi connectivity index (χ1) is 8.36. The number of ether oxygens (including phenoxy) is 1. The Labute approximate surface area is 103 Å². The van der Waals surface area contributed by atoms with Gasteiger partial charge in [0.15, 0.2) is 0 Å². The number of hydrogen-bond acceptors (Lipinski definition) is 2. The first-order valence-electron chi connectivity index (χ1n) is 6.73. The molecule has 0 radical (unpaired) electrons. The van der Waals surface area contributed by atoms with Crippen molar-refractivity contribution < 1.29 is 4.74 Å². The largest absolute Gasteiger partial charge is 0.497 e. The fraction of sp³-hybridized carbons (Fsp3) is 0.600. The van der Waals surface area contributed by atoms with Gasteiger partial charge in [-0.1, -0.05) is 6.07 Å². The first kappa shape index (κ1) is 11.1. The maximum absolute atomic E-state index is 5.33. The molecule has 0 spiro atoms. The number of hydrogen-bond donors (Lipinski definition) is 1. The van der Waals surface area contributed by atoms with Gasteiger partial charge >= 0.3 is 0 Å². The molecule has 0 aromatic heterocycles. The molecule has 2 unspecified atom stereocenters. The van der Waals surface area contributed by atoms with E-state index in [0.717, 1.165) is 17.6 Å². The fourth-order valence-corrected chi connectivity index (χ4v) is 3.37. The normalized spacial score (nSPS) is 27.8. The molecule has 92 valence electrons. The summed E-state index contributed by atoms with van der Waals surface area (Å²) in [6.45, 7) is 2.44. The Morgan fingerprint density at radius 1 is 1.18 bits per heavy atom. The molecular weight excluding hydrogens is 210 g/mol. The first-order valence-corrected chi connectivity index (χ1v) is 6.73. The molecule has 1 aromatic rings. The lowest BCUT2D eigenvalue weighted by Crippen LogP contribution is -2.24. The molecule has 1 saturated heterocycles. The Bertz CT molecular complexity index is 396. The van der Waals surface area contributed by atoms with Gasteiger partial charge in [0.1, 0.15) is 5.75 Å². The second-order valence-electron chi connectivity index (χ2n) is 5.39. The van der Waals surface area contributed by atoms with Crippen LogP contribution < -0.4 is 10.1 Å². The summed E-state index contributed by atoms with van der Waals surface area (Å²) in [7, 11) is 1.75. The zero-order chi connectivity index (χ0) is 11.7. The van der Waals surface area contributed by atoms with Crippen LogP contribution in [0.1, 0.15) is 24.0 Å². The van der Waals surface area contributed by atoms with E-state index in [9.17, 15) is 0 Å². The maximum Gasteiger partial charge on any atom is 0.119 e. The van der Waals surface area contributed by atoms with Crippen molar-refractivity contribution in [2.24, 2.45) is 11.8 Å². The van der Waals surface area contributed by atoms with Crippen molar-refractivity contribution in [2.45, 2.75) is 25.7 Å². The van der Waals surface area contributed by atoms with Crippen LogP contribution in [0.4, 0.5) is 0 Å². The highest BCUT2D eigenvalue weighted by molar-refractivity contribution is 5.37. The number of methoxy groups -OCH3 is 1. The van der Waals surface area contributed by atoms with Crippen molar-refractivity contribution in [1.29, 1.82) is 0 Å². The number of aryl methyl sites for hydroxylation is 1. The van der Waals surface area contributed by atoms with E-state index in [1.165, 1.54) is 49.9 Å². The lowest BCUT2D eigenvalue weighted by molar-refractivity contribution is 0.319. The number of fused-ring (bicyclic) bond motifs is 1. The average molecular weight is 231 g/mol. The summed E-state index contributed by atoms with van der Waals surface area (Å²) in [5, 5.41) is 3.49. The van der Waals surface area contributed by atoms with Gasteiger partial charge in [0.2, 0.25) is 0 Å². The van der Waals surface area contributed by atoms with Crippen LogP contribution in [0.15, 0.2) is 18.2 Å². The van der Waals surface area contributed by atoms with Crippen LogP contribution in [0.25, 0.3) is 0 Å². The number of benzene rings is 1. The summed E-state index contributed by atoms with van der Waals surface area (Å²) >= 11 is 0. The highest BCUT2D eigenvalue weighted by atomic mass is 16.5. The molecule has 2 aliphatic rings. The van der Waals surface area contributed by atoms with E-state index in [-0.39, 0.29) is 0 Å². The van der Waals surface area contributed by atoms with E-state index in [0.29, 0.717) is 0 Å². The van der Waals surface area contributed by atoms with Crippen LogP contribution in [0, 0.1) is 11.8 Å². The van der Waals surface area contributed by atoms with Crippen molar-refractivity contribution in [3.05, 3.63) is 29.3 Å². The Kier molecular flexibility index (Phi) is 3.06. The van der Waals surface area contributed by atoms with Crippen molar-refractivity contribution in [2.75, 3.05) is 20.2 Å². The smallest absolute Gasteiger partial charge is 0.119 e. The van der Waals surface area contributed by atoms with Gasteiger partial charge in [-0.15, -0.1) is 0 Å². The highest BCUT2D eigenvalue weighted by Gasteiger charge is 2.28. The van der Waals surface area contributed by atoms with Crippen molar-refractivity contribution in [3.63, 3.8) is 0 Å². The molecule has 2 atom stereocenters. The van der Waals surface area contributed by atoms with Crippen LogP contribution in [0.5, 0.6) is 5.75 Å². The molecular formula is C15H21NO. The standard InChI is InChI=1S/C15H21NO/c1-17-15-5-4-11-2-3-12(8-14(11)9-15)13-6-7-16-10-13/h4-5,9,12-13,16H,2-3,6-8,10H2,1H3. The third-order valence-electron chi connectivity index (χ3n) is 4.45. The predicted molar refractivity (Wildman–Crippen MR) is 69.5 cm³/mol. The maximum atomic E-state index is 5.33. The molecule has 1 fully saturated rings. The lowest BCUT2D eigenvalue weighted by Gasteiger charge is -2.29. The van der Waals surface area contributed by atoms with Gasteiger partial charge in [0, 0.05) is 0 Å². The Hall–Kier alpha value is -1.02. The van der Waals surface area contributed by atoms with Gasteiger partial charge < -0.3 is 10.1 Å². The monoisotopic (exact) mass is 231 g/mol. The SMILES string of the molecule is COc1ccc2c(c1)CC(C1CCNC1)CC2. The minimum Gasteiger partial charge on any atom is -0.497 e.